The molecule has 0 N–H and O–H groups in total. The minimum absolute atomic E-state index is 0.569. The molecule has 0 amide bonds. The predicted octanol–water partition coefficient (Wildman–Crippen LogP) is 16.0. The molecule has 2 nitrogen and oxygen atoms in total. The number of para-hydroxylation sites is 1. The summed E-state index contributed by atoms with van der Waals surface area (Å²) >= 11 is 0. The minimum Gasteiger partial charge on any atom is -0.310 e. The molecule has 0 radical (unpaired) electrons. The van der Waals surface area contributed by atoms with E-state index < -0.39 is 5.41 Å². The van der Waals surface area contributed by atoms with Gasteiger partial charge in [0, 0.05) is 33.5 Å². The average Bonchev–Trinajstić information content (AvgIpc) is 3.86. The van der Waals surface area contributed by atoms with Crippen LogP contribution in [0.2, 0.25) is 0 Å². The summed E-state index contributed by atoms with van der Waals surface area (Å²) in [4.78, 5) is 2.41. The smallest absolute Gasteiger partial charge is 0.0720 e. The van der Waals surface area contributed by atoms with Crippen LogP contribution in [0.4, 0.5) is 17.1 Å². The minimum atomic E-state index is -0.569. The van der Waals surface area contributed by atoms with Crippen LogP contribution in [0.3, 0.4) is 0 Å². The van der Waals surface area contributed by atoms with Crippen molar-refractivity contribution < 1.29 is 0 Å². The van der Waals surface area contributed by atoms with Crippen LogP contribution in [0.1, 0.15) is 22.3 Å². The Morgan fingerprint density at radius 3 is 1.32 bits per heavy atom. The molecular weight excluding hydrogens is 761 g/mol. The summed E-state index contributed by atoms with van der Waals surface area (Å²) in [6.45, 7) is 0. The maximum absolute atomic E-state index is 2.46. The van der Waals surface area contributed by atoms with Crippen LogP contribution in [-0.2, 0) is 5.41 Å². The van der Waals surface area contributed by atoms with Gasteiger partial charge in [-0.2, -0.15) is 0 Å². The molecule has 0 saturated carbocycles. The van der Waals surface area contributed by atoms with Crippen molar-refractivity contribution in [3.63, 3.8) is 0 Å². The molecule has 0 saturated heterocycles. The second-order valence-electron chi connectivity index (χ2n) is 16.4. The molecule has 1 aromatic heterocycles. The zero-order chi connectivity index (χ0) is 41.7. The number of hydrogen-bond acceptors (Lipinski definition) is 1. The van der Waals surface area contributed by atoms with Crippen LogP contribution < -0.4 is 4.90 Å². The van der Waals surface area contributed by atoms with Gasteiger partial charge in [0.2, 0.25) is 0 Å². The quantitative estimate of drug-likeness (QED) is 0.149. The number of hydrogen-bond donors (Lipinski definition) is 0. The molecule has 1 heterocycles. The van der Waals surface area contributed by atoms with Gasteiger partial charge in [0.15, 0.2) is 0 Å². The van der Waals surface area contributed by atoms with Gasteiger partial charge >= 0.3 is 0 Å². The average molecular weight is 803 g/mol. The highest BCUT2D eigenvalue weighted by molar-refractivity contribution is 6.14. The largest absolute Gasteiger partial charge is 0.310 e. The summed E-state index contributed by atoms with van der Waals surface area (Å²) in [5.74, 6) is 0. The van der Waals surface area contributed by atoms with Gasteiger partial charge in [0.05, 0.1) is 16.4 Å². The van der Waals surface area contributed by atoms with Crippen molar-refractivity contribution in [1.82, 2.24) is 4.57 Å². The first-order valence-electron chi connectivity index (χ1n) is 21.8. The van der Waals surface area contributed by atoms with Gasteiger partial charge in [0.1, 0.15) is 0 Å². The third-order valence-corrected chi connectivity index (χ3v) is 13.1. The Hall–Kier alpha value is -8.20. The van der Waals surface area contributed by atoms with E-state index in [0.717, 1.165) is 28.3 Å². The van der Waals surface area contributed by atoms with Crippen molar-refractivity contribution >= 4 is 38.9 Å². The number of rotatable bonds is 8. The van der Waals surface area contributed by atoms with E-state index >= 15 is 0 Å². The molecule has 296 valence electrons. The van der Waals surface area contributed by atoms with E-state index in [1.54, 1.807) is 0 Å². The summed E-state index contributed by atoms with van der Waals surface area (Å²) in [7, 11) is 0. The lowest BCUT2D eigenvalue weighted by Crippen LogP contribution is -2.28. The lowest BCUT2D eigenvalue weighted by molar-refractivity contribution is 0.777. The summed E-state index contributed by atoms with van der Waals surface area (Å²) in [5.41, 5.74) is 18.7. The highest BCUT2D eigenvalue weighted by Crippen LogP contribution is 2.58. The van der Waals surface area contributed by atoms with E-state index in [-0.39, 0.29) is 0 Å². The fraction of sp³-hybridized carbons (Fsp3) is 0.0164. The second kappa shape index (κ2) is 15.1. The molecule has 0 unspecified atom stereocenters. The topological polar surface area (TPSA) is 8.17 Å². The van der Waals surface area contributed by atoms with Crippen molar-refractivity contribution in [2.24, 2.45) is 0 Å². The summed E-state index contributed by atoms with van der Waals surface area (Å²) in [5, 5.41) is 2.44. The molecule has 0 bridgehead atoms. The predicted molar refractivity (Wildman–Crippen MR) is 264 cm³/mol. The fourth-order valence-corrected chi connectivity index (χ4v) is 10.4. The third-order valence-electron chi connectivity index (χ3n) is 13.1. The van der Waals surface area contributed by atoms with Crippen LogP contribution in [-0.4, -0.2) is 4.57 Å². The van der Waals surface area contributed by atoms with Gasteiger partial charge in [-0.15, -0.1) is 0 Å². The number of nitrogens with zero attached hydrogens (tertiary/aromatic N) is 2. The van der Waals surface area contributed by atoms with Crippen molar-refractivity contribution in [1.29, 1.82) is 0 Å². The van der Waals surface area contributed by atoms with E-state index in [9.17, 15) is 0 Å². The Morgan fingerprint density at radius 1 is 0.317 bits per heavy atom. The number of benzene rings is 10. The molecule has 0 spiro atoms. The Balaban J connectivity index is 1.14. The Labute approximate surface area is 368 Å². The van der Waals surface area contributed by atoms with E-state index in [4.69, 9.17) is 0 Å². The Bertz CT molecular complexity index is 3280. The van der Waals surface area contributed by atoms with Gasteiger partial charge in [-0.3, -0.25) is 0 Å². The highest BCUT2D eigenvalue weighted by atomic mass is 15.1. The molecule has 0 fully saturated rings. The van der Waals surface area contributed by atoms with Crippen molar-refractivity contribution in [3.8, 4) is 39.1 Å². The van der Waals surface area contributed by atoms with Crippen molar-refractivity contribution in [2.75, 3.05) is 4.90 Å². The number of aromatic nitrogens is 1. The van der Waals surface area contributed by atoms with Crippen LogP contribution in [0.25, 0.3) is 60.9 Å². The third kappa shape index (κ3) is 5.87. The Kier molecular flexibility index (Phi) is 8.76. The molecule has 11 aromatic rings. The molecule has 63 heavy (non-hydrogen) atoms. The lowest BCUT2D eigenvalue weighted by atomic mass is 9.66. The number of fused-ring (bicyclic) bond motifs is 6. The molecule has 1 aliphatic carbocycles. The molecule has 1 aliphatic rings. The zero-order valence-corrected chi connectivity index (χ0v) is 34.6. The Morgan fingerprint density at radius 2 is 0.762 bits per heavy atom. The second-order valence-corrected chi connectivity index (χ2v) is 16.4. The first kappa shape index (κ1) is 36.6. The fourth-order valence-electron chi connectivity index (χ4n) is 10.4. The summed E-state index contributed by atoms with van der Waals surface area (Å²) < 4.78 is 2.46. The first-order valence-corrected chi connectivity index (χ1v) is 21.8. The van der Waals surface area contributed by atoms with Gasteiger partial charge in [-0.25, -0.2) is 0 Å². The normalized spacial score (nSPS) is 12.6. The molecular formula is C61H42N2. The van der Waals surface area contributed by atoms with Crippen molar-refractivity contribution in [2.45, 2.75) is 5.41 Å². The molecule has 0 atom stereocenters. The van der Waals surface area contributed by atoms with Crippen LogP contribution in [0.5, 0.6) is 0 Å². The monoisotopic (exact) mass is 802 g/mol. The van der Waals surface area contributed by atoms with Crippen LogP contribution in [0.15, 0.2) is 255 Å². The van der Waals surface area contributed by atoms with Gasteiger partial charge in [-0.1, -0.05) is 194 Å². The van der Waals surface area contributed by atoms with Crippen LogP contribution >= 0.6 is 0 Å². The lowest BCUT2D eigenvalue weighted by Gasteiger charge is -2.34. The van der Waals surface area contributed by atoms with E-state index in [1.165, 1.54) is 71.9 Å². The standard InChI is InChI=1S/C61H42N2/c1-5-18-43(19-6-1)45-32-36-49(37-33-45)62(50-38-34-46(35-39-50)44-20-7-2-8-21-44)51-40-41-58-54(42-51)60-57(30-17-31-59(60)63(58)48-24-11-4-12-25-48)61(47-22-9-3-10-23-47)55-28-15-13-26-52(55)53-27-14-16-29-56(53)61/h1-42H. The van der Waals surface area contributed by atoms with Crippen LogP contribution in [0, 0.1) is 0 Å². The summed E-state index contributed by atoms with van der Waals surface area (Å²) in [6, 6.07) is 93.3. The highest BCUT2D eigenvalue weighted by Gasteiger charge is 2.47. The van der Waals surface area contributed by atoms with Crippen molar-refractivity contribution in [3.05, 3.63) is 277 Å². The first-order chi connectivity index (χ1) is 31.3. The van der Waals surface area contributed by atoms with E-state index in [0.29, 0.717) is 0 Å². The van der Waals surface area contributed by atoms with Gasteiger partial charge in [-0.05, 0) is 116 Å². The zero-order valence-electron chi connectivity index (χ0n) is 34.6. The van der Waals surface area contributed by atoms with Gasteiger partial charge in [0.25, 0.3) is 0 Å². The maximum Gasteiger partial charge on any atom is 0.0720 e. The molecule has 2 heteroatoms. The number of anilines is 3. The molecule has 0 aliphatic heterocycles. The molecule has 12 rings (SSSR count). The SMILES string of the molecule is c1ccc(-c2ccc(N(c3ccc(-c4ccccc4)cc3)c3ccc4c(c3)c3c(C5(c6ccccc6)c6ccccc6-c6ccccc65)cccc3n4-c3ccccc3)cc2)cc1. The van der Waals surface area contributed by atoms with Gasteiger partial charge < -0.3 is 9.47 Å². The van der Waals surface area contributed by atoms with E-state index in [1.807, 2.05) is 0 Å². The maximum atomic E-state index is 2.46. The molecule has 10 aromatic carbocycles. The van der Waals surface area contributed by atoms with E-state index in [2.05, 4.69) is 264 Å². The summed E-state index contributed by atoms with van der Waals surface area (Å²) in [6.07, 6.45) is 0.